The number of amidine groups is 1. The minimum Gasteiger partial charge on any atom is -0.380 e. The lowest BCUT2D eigenvalue weighted by Gasteiger charge is -2.19. The Kier molecular flexibility index (Phi) is 4.45. The van der Waals surface area contributed by atoms with Crippen molar-refractivity contribution in [2.45, 2.75) is 26.0 Å². The molecule has 0 saturated heterocycles. The molecule has 1 heterocycles. The molecule has 0 saturated carbocycles. The molecule has 3 nitrogen and oxygen atoms in total. The van der Waals surface area contributed by atoms with Crippen molar-refractivity contribution in [3.8, 4) is 0 Å². The fourth-order valence-electron chi connectivity index (χ4n) is 1.74. The molecule has 1 atom stereocenters. The summed E-state index contributed by atoms with van der Waals surface area (Å²) in [6, 6.07) is 8.62. The fourth-order valence-corrected chi connectivity index (χ4v) is 2.82. The van der Waals surface area contributed by atoms with Crippen molar-refractivity contribution in [3.63, 3.8) is 0 Å². The van der Waals surface area contributed by atoms with Crippen molar-refractivity contribution in [1.29, 1.82) is 0 Å². The highest BCUT2D eigenvalue weighted by Crippen LogP contribution is 2.22. The Morgan fingerprint density at radius 2 is 2.29 bits per heavy atom. The number of ether oxygens (including phenoxy) is 1. The molecular weight excluding hydrogens is 232 g/mol. The summed E-state index contributed by atoms with van der Waals surface area (Å²) in [5.74, 6) is 1.14. The maximum atomic E-state index is 5.19. The van der Waals surface area contributed by atoms with Crippen LogP contribution in [0.1, 0.15) is 18.9 Å². The van der Waals surface area contributed by atoms with E-state index in [-0.39, 0.29) is 0 Å². The zero-order chi connectivity index (χ0) is 12.1. The van der Waals surface area contributed by atoms with E-state index in [1.165, 1.54) is 0 Å². The van der Waals surface area contributed by atoms with Gasteiger partial charge in [-0.2, -0.15) is 0 Å². The molecule has 0 spiro atoms. The van der Waals surface area contributed by atoms with Crippen LogP contribution >= 0.6 is 11.8 Å². The van der Waals surface area contributed by atoms with Crippen LogP contribution in [0.2, 0.25) is 0 Å². The summed E-state index contributed by atoms with van der Waals surface area (Å²) < 4.78 is 5.19. The molecule has 0 aliphatic carbocycles. The quantitative estimate of drug-likeness (QED) is 0.895. The van der Waals surface area contributed by atoms with Gasteiger partial charge in [-0.15, -0.1) is 0 Å². The molecule has 92 valence electrons. The second-order valence-corrected chi connectivity index (χ2v) is 5.22. The minimum absolute atomic E-state index is 0.424. The molecule has 4 heteroatoms. The van der Waals surface area contributed by atoms with Crippen LogP contribution < -0.4 is 5.32 Å². The van der Waals surface area contributed by atoms with Gasteiger partial charge in [-0.25, -0.2) is 0 Å². The van der Waals surface area contributed by atoms with Crippen LogP contribution in [-0.2, 0) is 11.3 Å². The summed E-state index contributed by atoms with van der Waals surface area (Å²) in [5, 5.41) is 4.42. The zero-order valence-electron chi connectivity index (χ0n) is 10.3. The van der Waals surface area contributed by atoms with Gasteiger partial charge in [-0.1, -0.05) is 30.0 Å². The standard InChI is InChI=1S/C13H18N2OS/c1-10-7-8-17-13(14-10)15-12-6-4-3-5-11(12)9-16-2/h3-6,10H,7-9H2,1-2H3,(H,14,15). The molecule has 1 aliphatic heterocycles. The third-order valence-electron chi connectivity index (χ3n) is 2.67. The maximum Gasteiger partial charge on any atom is 0.161 e. The van der Waals surface area contributed by atoms with Crippen LogP contribution in [0.15, 0.2) is 29.3 Å². The van der Waals surface area contributed by atoms with Crippen LogP contribution in [0.3, 0.4) is 0 Å². The number of methoxy groups -OCH3 is 1. The van der Waals surface area contributed by atoms with E-state index in [2.05, 4.69) is 29.4 Å². The number of benzene rings is 1. The van der Waals surface area contributed by atoms with Crippen molar-refractivity contribution >= 4 is 22.6 Å². The third-order valence-corrected chi connectivity index (χ3v) is 3.59. The maximum absolute atomic E-state index is 5.19. The normalized spacial score (nSPS) is 19.9. The summed E-state index contributed by atoms with van der Waals surface area (Å²) in [7, 11) is 1.71. The Hall–Kier alpha value is -1.000. The average Bonchev–Trinajstić information content (AvgIpc) is 2.32. The van der Waals surface area contributed by atoms with Crippen LogP contribution in [0.25, 0.3) is 0 Å². The molecule has 2 rings (SSSR count). The SMILES string of the molecule is COCc1ccccc1NC1=NC(C)CCS1. The largest absolute Gasteiger partial charge is 0.380 e. The van der Waals surface area contributed by atoms with E-state index in [1.54, 1.807) is 18.9 Å². The average molecular weight is 250 g/mol. The Bertz CT molecular complexity index is 406. The smallest absolute Gasteiger partial charge is 0.161 e. The van der Waals surface area contributed by atoms with E-state index in [0.717, 1.165) is 28.6 Å². The Labute approximate surface area is 107 Å². The third kappa shape index (κ3) is 3.48. The molecule has 0 bridgehead atoms. The Balaban J connectivity index is 2.12. The minimum atomic E-state index is 0.424. The molecule has 1 aromatic rings. The highest BCUT2D eigenvalue weighted by Gasteiger charge is 2.12. The van der Waals surface area contributed by atoms with Gasteiger partial charge in [-0.3, -0.25) is 4.99 Å². The van der Waals surface area contributed by atoms with Crippen molar-refractivity contribution < 1.29 is 4.74 Å². The summed E-state index contributed by atoms with van der Waals surface area (Å²) in [5.41, 5.74) is 2.26. The van der Waals surface area contributed by atoms with Crippen LogP contribution in [0, 0.1) is 0 Å². The second kappa shape index (κ2) is 6.07. The van der Waals surface area contributed by atoms with E-state index in [1.807, 2.05) is 12.1 Å². The first-order valence-corrected chi connectivity index (χ1v) is 6.82. The van der Waals surface area contributed by atoms with Crippen LogP contribution in [0.4, 0.5) is 5.69 Å². The molecule has 17 heavy (non-hydrogen) atoms. The molecule has 1 aliphatic rings. The van der Waals surface area contributed by atoms with Crippen LogP contribution in [0.5, 0.6) is 0 Å². The van der Waals surface area contributed by atoms with Gasteiger partial charge in [0.1, 0.15) is 0 Å². The Morgan fingerprint density at radius 3 is 3.06 bits per heavy atom. The highest BCUT2D eigenvalue weighted by atomic mass is 32.2. The predicted octanol–water partition coefficient (Wildman–Crippen LogP) is 3.13. The lowest BCUT2D eigenvalue weighted by Crippen LogP contribution is -2.18. The Morgan fingerprint density at radius 1 is 1.47 bits per heavy atom. The molecule has 0 radical (unpaired) electrons. The summed E-state index contributed by atoms with van der Waals surface area (Å²) >= 11 is 1.79. The summed E-state index contributed by atoms with van der Waals surface area (Å²) in [6.45, 7) is 2.78. The van der Waals surface area contributed by atoms with Crippen molar-refractivity contribution in [2.24, 2.45) is 4.99 Å². The number of para-hydroxylation sites is 1. The van der Waals surface area contributed by atoms with Crippen molar-refractivity contribution in [2.75, 3.05) is 18.2 Å². The number of hydrogen-bond donors (Lipinski definition) is 1. The number of hydrogen-bond acceptors (Lipinski definition) is 4. The molecule has 0 fully saturated rings. The lowest BCUT2D eigenvalue weighted by atomic mass is 10.2. The van der Waals surface area contributed by atoms with E-state index in [4.69, 9.17) is 4.74 Å². The van der Waals surface area contributed by atoms with E-state index >= 15 is 0 Å². The van der Waals surface area contributed by atoms with Gasteiger partial charge < -0.3 is 10.1 Å². The van der Waals surface area contributed by atoms with Crippen LogP contribution in [-0.4, -0.2) is 24.1 Å². The number of rotatable bonds is 3. The topological polar surface area (TPSA) is 33.6 Å². The number of nitrogens with one attached hydrogen (secondary N) is 1. The molecule has 0 aromatic heterocycles. The first-order valence-electron chi connectivity index (χ1n) is 5.84. The van der Waals surface area contributed by atoms with Crippen molar-refractivity contribution in [3.05, 3.63) is 29.8 Å². The van der Waals surface area contributed by atoms with E-state index in [0.29, 0.717) is 12.6 Å². The van der Waals surface area contributed by atoms with Gasteiger partial charge in [0, 0.05) is 24.1 Å². The highest BCUT2D eigenvalue weighted by molar-refractivity contribution is 8.14. The van der Waals surface area contributed by atoms with Gasteiger partial charge in [0.05, 0.1) is 12.6 Å². The first kappa shape index (κ1) is 12.5. The number of nitrogens with zero attached hydrogens (tertiary/aromatic N) is 1. The van der Waals surface area contributed by atoms with Gasteiger partial charge in [0.15, 0.2) is 5.17 Å². The zero-order valence-corrected chi connectivity index (χ0v) is 11.1. The van der Waals surface area contributed by atoms with Gasteiger partial charge in [-0.05, 0) is 19.4 Å². The number of thioether (sulfide) groups is 1. The van der Waals surface area contributed by atoms with E-state index in [9.17, 15) is 0 Å². The van der Waals surface area contributed by atoms with Gasteiger partial charge in [0.25, 0.3) is 0 Å². The number of anilines is 1. The monoisotopic (exact) mass is 250 g/mol. The molecular formula is C13H18N2OS. The van der Waals surface area contributed by atoms with E-state index < -0.39 is 0 Å². The number of aliphatic imine (C=N–C) groups is 1. The van der Waals surface area contributed by atoms with Gasteiger partial charge >= 0.3 is 0 Å². The molecule has 1 N–H and O–H groups in total. The van der Waals surface area contributed by atoms with Gasteiger partial charge in [0.2, 0.25) is 0 Å². The summed E-state index contributed by atoms with van der Waals surface area (Å²) in [6.07, 6.45) is 1.16. The molecule has 0 amide bonds. The molecule has 1 unspecified atom stereocenters. The predicted molar refractivity (Wildman–Crippen MR) is 74.7 cm³/mol. The fraction of sp³-hybridized carbons (Fsp3) is 0.462. The first-order chi connectivity index (χ1) is 8.29. The summed E-state index contributed by atoms with van der Waals surface area (Å²) in [4.78, 5) is 4.61. The lowest BCUT2D eigenvalue weighted by molar-refractivity contribution is 0.185. The van der Waals surface area contributed by atoms with Crippen molar-refractivity contribution in [1.82, 2.24) is 0 Å². The second-order valence-electron chi connectivity index (χ2n) is 4.14. The molecule has 1 aromatic carbocycles.